The van der Waals surface area contributed by atoms with Crippen molar-refractivity contribution < 1.29 is 9.84 Å². The number of methoxy groups -OCH3 is 1. The number of ether oxygens (including phenoxy) is 1. The van der Waals surface area contributed by atoms with Crippen molar-refractivity contribution in [2.24, 2.45) is 0 Å². The van der Waals surface area contributed by atoms with Gasteiger partial charge < -0.3 is 14.7 Å². The number of likely N-dealkylation sites (N-methyl/N-ethyl adjacent to an activating group) is 1. The molecule has 11 heavy (non-hydrogen) atoms. The highest BCUT2D eigenvalue weighted by atomic mass is 16.5. The summed E-state index contributed by atoms with van der Waals surface area (Å²) in [6.45, 7) is 1.56. The zero-order valence-corrected chi connectivity index (χ0v) is 7.29. The van der Waals surface area contributed by atoms with Crippen molar-refractivity contribution in [1.29, 1.82) is 0 Å². The number of likely N-dealkylation sites (tertiary alicyclic amines) is 1. The molecular weight excluding hydrogens is 142 g/mol. The van der Waals surface area contributed by atoms with Crippen LogP contribution in [0.1, 0.15) is 12.8 Å². The van der Waals surface area contributed by atoms with Crippen LogP contribution in [0.25, 0.3) is 0 Å². The van der Waals surface area contributed by atoms with Crippen molar-refractivity contribution in [1.82, 2.24) is 4.90 Å². The van der Waals surface area contributed by atoms with Gasteiger partial charge in [0.25, 0.3) is 0 Å². The van der Waals surface area contributed by atoms with Gasteiger partial charge >= 0.3 is 0 Å². The smallest absolute Gasteiger partial charge is 0.0928 e. The highest BCUT2D eigenvalue weighted by Gasteiger charge is 2.27. The topological polar surface area (TPSA) is 32.7 Å². The van der Waals surface area contributed by atoms with Gasteiger partial charge in [-0.25, -0.2) is 0 Å². The highest BCUT2D eigenvalue weighted by Crippen LogP contribution is 2.17. The Morgan fingerprint density at radius 2 is 2.45 bits per heavy atom. The fourth-order valence-electron chi connectivity index (χ4n) is 1.70. The first-order valence-electron chi connectivity index (χ1n) is 4.13. The van der Waals surface area contributed by atoms with Crippen molar-refractivity contribution in [2.75, 3.05) is 27.3 Å². The van der Waals surface area contributed by atoms with E-state index in [4.69, 9.17) is 4.74 Å². The average molecular weight is 159 g/mol. The molecule has 0 spiro atoms. The lowest BCUT2D eigenvalue weighted by Gasteiger charge is -2.24. The van der Waals surface area contributed by atoms with Crippen molar-refractivity contribution in [2.45, 2.75) is 25.0 Å². The number of nitrogens with zero attached hydrogens (tertiary/aromatic N) is 1. The van der Waals surface area contributed by atoms with Crippen LogP contribution in [0.4, 0.5) is 0 Å². The number of rotatable bonds is 3. The van der Waals surface area contributed by atoms with Crippen LogP contribution in [0.15, 0.2) is 0 Å². The van der Waals surface area contributed by atoms with Gasteiger partial charge in [0.05, 0.1) is 12.7 Å². The van der Waals surface area contributed by atoms with Gasteiger partial charge in [-0.05, 0) is 26.4 Å². The molecule has 1 fully saturated rings. The largest absolute Gasteiger partial charge is 0.389 e. The maximum Gasteiger partial charge on any atom is 0.0928 e. The van der Waals surface area contributed by atoms with Gasteiger partial charge in [0.15, 0.2) is 0 Å². The van der Waals surface area contributed by atoms with Gasteiger partial charge in [0.2, 0.25) is 0 Å². The van der Waals surface area contributed by atoms with E-state index in [-0.39, 0.29) is 6.10 Å². The zero-order valence-electron chi connectivity index (χ0n) is 7.29. The lowest BCUT2D eigenvalue weighted by atomic mass is 10.1. The van der Waals surface area contributed by atoms with E-state index in [1.807, 2.05) is 0 Å². The fraction of sp³-hybridized carbons (Fsp3) is 1.00. The van der Waals surface area contributed by atoms with Crippen LogP contribution in [-0.2, 0) is 4.74 Å². The number of aliphatic hydroxyl groups is 1. The monoisotopic (exact) mass is 159 g/mol. The Labute approximate surface area is 68.0 Å². The summed E-state index contributed by atoms with van der Waals surface area (Å²) in [5, 5.41) is 9.55. The van der Waals surface area contributed by atoms with Crippen LogP contribution in [0.5, 0.6) is 0 Å². The number of hydrogen-bond donors (Lipinski definition) is 1. The summed E-state index contributed by atoms with van der Waals surface area (Å²) in [6, 6.07) is 0.315. The molecule has 0 aromatic carbocycles. The number of aliphatic hydroxyl groups excluding tert-OH is 1. The quantitative estimate of drug-likeness (QED) is 0.633. The van der Waals surface area contributed by atoms with Crippen molar-refractivity contribution >= 4 is 0 Å². The SMILES string of the molecule is COCC(O)C1CCCN1C. The third-order valence-electron chi connectivity index (χ3n) is 2.36. The minimum absolute atomic E-state index is 0.313. The van der Waals surface area contributed by atoms with E-state index in [2.05, 4.69) is 11.9 Å². The first kappa shape index (κ1) is 8.97. The molecule has 0 aromatic rings. The summed E-state index contributed by atoms with van der Waals surface area (Å²) in [5.41, 5.74) is 0. The predicted octanol–water partition coefficient (Wildman–Crippen LogP) is 0.0879. The Balaban J connectivity index is 2.33. The molecule has 1 aliphatic heterocycles. The van der Waals surface area contributed by atoms with Gasteiger partial charge in [-0.15, -0.1) is 0 Å². The molecule has 0 saturated carbocycles. The second kappa shape index (κ2) is 4.04. The number of hydrogen-bond acceptors (Lipinski definition) is 3. The molecule has 1 N–H and O–H groups in total. The van der Waals surface area contributed by atoms with Gasteiger partial charge in [0, 0.05) is 13.2 Å². The first-order valence-corrected chi connectivity index (χ1v) is 4.13. The van der Waals surface area contributed by atoms with Crippen molar-refractivity contribution in [3.05, 3.63) is 0 Å². The Morgan fingerprint density at radius 3 is 2.91 bits per heavy atom. The molecule has 3 nitrogen and oxygen atoms in total. The van der Waals surface area contributed by atoms with Gasteiger partial charge in [-0.1, -0.05) is 0 Å². The summed E-state index contributed by atoms with van der Waals surface area (Å²) in [6.07, 6.45) is 1.98. The maximum atomic E-state index is 9.55. The second-order valence-electron chi connectivity index (χ2n) is 3.21. The molecule has 0 radical (unpaired) electrons. The Bertz CT molecular complexity index is 119. The minimum Gasteiger partial charge on any atom is -0.389 e. The van der Waals surface area contributed by atoms with Crippen molar-refractivity contribution in [3.8, 4) is 0 Å². The van der Waals surface area contributed by atoms with Crippen LogP contribution in [0.2, 0.25) is 0 Å². The fourth-order valence-corrected chi connectivity index (χ4v) is 1.70. The highest BCUT2D eigenvalue weighted by molar-refractivity contribution is 4.82. The lowest BCUT2D eigenvalue weighted by Crippen LogP contribution is -2.38. The molecule has 1 saturated heterocycles. The standard InChI is InChI=1S/C8H17NO2/c1-9-5-3-4-7(9)8(10)6-11-2/h7-8,10H,3-6H2,1-2H3. The van der Waals surface area contributed by atoms with E-state index < -0.39 is 0 Å². The molecule has 0 aliphatic carbocycles. The van der Waals surface area contributed by atoms with Gasteiger partial charge in [-0.2, -0.15) is 0 Å². The third kappa shape index (κ3) is 2.15. The van der Waals surface area contributed by atoms with Crippen LogP contribution < -0.4 is 0 Å². The molecule has 0 aromatic heterocycles. The second-order valence-corrected chi connectivity index (χ2v) is 3.21. The molecular formula is C8H17NO2. The summed E-state index contributed by atoms with van der Waals surface area (Å²) < 4.78 is 4.89. The van der Waals surface area contributed by atoms with Crippen molar-refractivity contribution in [3.63, 3.8) is 0 Å². The molecule has 2 atom stereocenters. The van der Waals surface area contributed by atoms with E-state index >= 15 is 0 Å². The van der Waals surface area contributed by atoms with Crippen LogP contribution >= 0.6 is 0 Å². The van der Waals surface area contributed by atoms with E-state index in [1.165, 1.54) is 6.42 Å². The minimum atomic E-state index is -0.313. The maximum absolute atomic E-state index is 9.55. The van der Waals surface area contributed by atoms with E-state index in [1.54, 1.807) is 7.11 Å². The van der Waals surface area contributed by atoms with Crippen LogP contribution in [0, 0.1) is 0 Å². The predicted molar refractivity (Wildman–Crippen MR) is 43.5 cm³/mol. The molecule has 0 amide bonds. The Morgan fingerprint density at radius 1 is 1.73 bits per heavy atom. The molecule has 1 rings (SSSR count). The summed E-state index contributed by atoms with van der Waals surface area (Å²) >= 11 is 0. The van der Waals surface area contributed by atoms with Gasteiger partial charge in [0.1, 0.15) is 0 Å². The lowest BCUT2D eigenvalue weighted by molar-refractivity contribution is 0.0168. The normalized spacial score (nSPS) is 29.2. The van der Waals surface area contributed by atoms with Crippen LogP contribution in [-0.4, -0.2) is 49.5 Å². The summed E-state index contributed by atoms with van der Waals surface area (Å²) in [4.78, 5) is 2.20. The summed E-state index contributed by atoms with van der Waals surface area (Å²) in [5.74, 6) is 0. The Hall–Kier alpha value is -0.120. The molecule has 1 heterocycles. The Kier molecular flexibility index (Phi) is 3.30. The molecule has 0 bridgehead atoms. The van der Waals surface area contributed by atoms with E-state index in [0.717, 1.165) is 13.0 Å². The first-order chi connectivity index (χ1) is 5.25. The zero-order chi connectivity index (χ0) is 8.27. The van der Waals surface area contributed by atoms with E-state index in [9.17, 15) is 5.11 Å². The molecule has 66 valence electrons. The average Bonchev–Trinajstić information content (AvgIpc) is 2.36. The molecule has 1 aliphatic rings. The van der Waals surface area contributed by atoms with Gasteiger partial charge in [-0.3, -0.25) is 0 Å². The van der Waals surface area contributed by atoms with Crippen LogP contribution in [0.3, 0.4) is 0 Å². The van der Waals surface area contributed by atoms with E-state index in [0.29, 0.717) is 12.6 Å². The molecule has 3 heteroatoms. The third-order valence-corrected chi connectivity index (χ3v) is 2.36. The summed E-state index contributed by atoms with van der Waals surface area (Å²) in [7, 11) is 3.68. The molecule has 2 unspecified atom stereocenters.